The second-order valence-electron chi connectivity index (χ2n) is 6.48. The van der Waals surface area contributed by atoms with E-state index in [1.165, 1.54) is 23.0 Å². The third-order valence-electron chi connectivity index (χ3n) is 4.31. The number of nitro benzene ring substituents is 1. The normalized spacial score (nSPS) is 11.1. The minimum atomic E-state index is -0.480. The van der Waals surface area contributed by atoms with E-state index < -0.39 is 4.92 Å². The van der Waals surface area contributed by atoms with Crippen molar-refractivity contribution in [3.05, 3.63) is 99.6 Å². The predicted molar refractivity (Wildman–Crippen MR) is 124 cm³/mol. The van der Waals surface area contributed by atoms with Crippen LogP contribution in [0.25, 0.3) is 10.2 Å². The number of amides is 1. The van der Waals surface area contributed by atoms with Crippen molar-refractivity contribution in [2.24, 2.45) is 5.10 Å². The number of nitrogens with zero attached hydrogens (tertiary/aromatic N) is 3. The van der Waals surface area contributed by atoms with E-state index in [2.05, 4.69) is 21.6 Å². The minimum absolute atomic E-state index is 0.0328. The zero-order valence-corrected chi connectivity index (χ0v) is 17.7. The van der Waals surface area contributed by atoms with Crippen molar-refractivity contribution in [2.45, 2.75) is 10.1 Å². The molecule has 1 heterocycles. The van der Waals surface area contributed by atoms with Crippen LogP contribution in [0.2, 0.25) is 0 Å². The standard InChI is InChI=1S/C22H16N4O3S2/c27-21(25-23-13-16-4-3-5-18(12-16)26(28)29)17-10-8-15(9-11-17)14-30-22-24-19-6-1-2-7-20(19)31-22/h1-13H,14H2,(H,25,27)/b23-13-. The number of carbonyl (C=O) groups is 1. The zero-order valence-electron chi connectivity index (χ0n) is 16.1. The molecule has 0 aliphatic carbocycles. The van der Waals surface area contributed by atoms with Crippen LogP contribution in [0.1, 0.15) is 21.5 Å². The number of thiazole rings is 1. The number of para-hydroxylation sites is 1. The molecule has 1 N–H and O–H groups in total. The van der Waals surface area contributed by atoms with Crippen LogP contribution < -0.4 is 5.43 Å². The molecule has 0 aliphatic heterocycles. The van der Waals surface area contributed by atoms with Crippen LogP contribution in [-0.2, 0) is 5.75 Å². The molecule has 7 nitrogen and oxygen atoms in total. The predicted octanol–water partition coefficient (Wildman–Crippen LogP) is 5.26. The van der Waals surface area contributed by atoms with Gasteiger partial charge in [-0.3, -0.25) is 14.9 Å². The van der Waals surface area contributed by atoms with Crippen LogP contribution in [-0.4, -0.2) is 22.0 Å². The summed E-state index contributed by atoms with van der Waals surface area (Å²) >= 11 is 3.33. The van der Waals surface area contributed by atoms with Gasteiger partial charge < -0.3 is 0 Å². The van der Waals surface area contributed by atoms with Crippen LogP contribution in [0.15, 0.2) is 82.2 Å². The Morgan fingerprint density at radius 3 is 2.71 bits per heavy atom. The van der Waals surface area contributed by atoms with Crippen molar-refractivity contribution in [3.63, 3.8) is 0 Å². The molecule has 0 spiro atoms. The third kappa shape index (κ3) is 5.33. The number of hydrazone groups is 1. The molecular weight excluding hydrogens is 432 g/mol. The summed E-state index contributed by atoms with van der Waals surface area (Å²) in [5.74, 6) is 0.402. The van der Waals surface area contributed by atoms with E-state index in [0.717, 1.165) is 21.2 Å². The molecule has 0 bridgehead atoms. The van der Waals surface area contributed by atoms with Crippen LogP contribution in [0.4, 0.5) is 5.69 Å². The van der Waals surface area contributed by atoms with Crippen LogP contribution in [0.3, 0.4) is 0 Å². The van der Waals surface area contributed by atoms with Gasteiger partial charge in [0.2, 0.25) is 0 Å². The van der Waals surface area contributed by atoms with E-state index in [0.29, 0.717) is 11.1 Å². The third-order valence-corrected chi connectivity index (χ3v) is 6.56. The Kier molecular flexibility index (Phi) is 6.34. The average Bonchev–Trinajstić information content (AvgIpc) is 3.21. The summed E-state index contributed by atoms with van der Waals surface area (Å²) in [6.07, 6.45) is 1.37. The van der Waals surface area contributed by atoms with Gasteiger partial charge in [0.25, 0.3) is 11.6 Å². The molecule has 9 heteroatoms. The van der Waals surface area contributed by atoms with E-state index in [4.69, 9.17) is 0 Å². The molecule has 0 saturated heterocycles. The molecular formula is C22H16N4O3S2. The molecule has 1 amide bonds. The summed E-state index contributed by atoms with van der Waals surface area (Å²) < 4.78 is 2.18. The summed E-state index contributed by atoms with van der Waals surface area (Å²) in [5, 5.41) is 14.7. The Hall–Kier alpha value is -3.56. The largest absolute Gasteiger partial charge is 0.271 e. The van der Waals surface area contributed by atoms with Crippen molar-refractivity contribution in [2.75, 3.05) is 0 Å². The van der Waals surface area contributed by atoms with Gasteiger partial charge in [-0.1, -0.05) is 48.2 Å². The highest BCUT2D eigenvalue weighted by atomic mass is 32.2. The number of nitro groups is 1. The molecule has 0 unspecified atom stereocenters. The Balaban J connectivity index is 1.32. The Morgan fingerprint density at radius 1 is 1.13 bits per heavy atom. The minimum Gasteiger partial charge on any atom is -0.267 e. The van der Waals surface area contributed by atoms with Crippen molar-refractivity contribution in [1.29, 1.82) is 0 Å². The van der Waals surface area contributed by atoms with Gasteiger partial charge in [-0.25, -0.2) is 10.4 Å². The summed E-state index contributed by atoms with van der Waals surface area (Å²) in [7, 11) is 0. The van der Waals surface area contributed by atoms with E-state index in [1.807, 2.05) is 30.3 Å². The van der Waals surface area contributed by atoms with Crippen molar-refractivity contribution < 1.29 is 9.72 Å². The van der Waals surface area contributed by atoms with Gasteiger partial charge in [0.05, 0.1) is 21.4 Å². The number of carbonyl (C=O) groups excluding carboxylic acids is 1. The Labute approximate surface area is 186 Å². The number of rotatable bonds is 7. The van der Waals surface area contributed by atoms with E-state index >= 15 is 0 Å². The lowest BCUT2D eigenvalue weighted by Crippen LogP contribution is -2.17. The van der Waals surface area contributed by atoms with Gasteiger partial charge in [-0.05, 0) is 29.8 Å². The maximum absolute atomic E-state index is 12.3. The van der Waals surface area contributed by atoms with Gasteiger partial charge in [-0.2, -0.15) is 5.10 Å². The quantitative estimate of drug-likeness (QED) is 0.180. The second kappa shape index (κ2) is 9.50. The highest BCUT2D eigenvalue weighted by Gasteiger charge is 2.07. The van der Waals surface area contributed by atoms with E-state index in [1.54, 1.807) is 47.4 Å². The highest BCUT2D eigenvalue weighted by molar-refractivity contribution is 8.00. The fourth-order valence-corrected chi connectivity index (χ4v) is 4.78. The van der Waals surface area contributed by atoms with Gasteiger partial charge >= 0.3 is 0 Å². The first-order chi connectivity index (χ1) is 15.1. The number of benzene rings is 3. The summed E-state index contributed by atoms with van der Waals surface area (Å²) in [6, 6.07) is 21.3. The van der Waals surface area contributed by atoms with Gasteiger partial charge in [0.15, 0.2) is 4.34 Å². The molecule has 0 saturated carbocycles. The first kappa shape index (κ1) is 20.7. The van der Waals surface area contributed by atoms with Crippen molar-refractivity contribution >= 4 is 51.1 Å². The fourth-order valence-electron chi connectivity index (χ4n) is 2.76. The number of non-ortho nitro benzene ring substituents is 1. The molecule has 4 aromatic rings. The number of nitrogens with one attached hydrogen (secondary N) is 1. The summed E-state index contributed by atoms with van der Waals surface area (Å²) in [5.41, 5.74) is 5.50. The maximum Gasteiger partial charge on any atom is 0.271 e. The monoisotopic (exact) mass is 448 g/mol. The van der Waals surface area contributed by atoms with Gasteiger partial charge in [-0.15, -0.1) is 11.3 Å². The number of fused-ring (bicyclic) bond motifs is 1. The van der Waals surface area contributed by atoms with Crippen LogP contribution >= 0.6 is 23.1 Å². The fraction of sp³-hybridized carbons (Fsp3) is 0.0455. The molecule has 154 valence electrons. The van der Waals surface area contributed by atoms with Gasteiger partial charge in [0.1, 0.15) is 0 Å². The molecule has 3 aromatic carbocycles. The smallest absolute Gasteiger partial charge is 0.267 e. The molecule has 31 heavy (non-hydrogen) atoms. The van der Waals surface area contributed by atoms with Gasteiger partial charge in [0, 0.05) is 29.0 Å². The molecule has 0 radical (unpaired) electrons. The van der Waals surface area contributed by atoms with Crippen molar-refractivity contribution in [3.8, 4) is 0 Å². The van der Waals surface area contributed by atoms with Crippen molar-refractivity contribution in [1.82, 2.24) is 10.4 Å². The lowest BCUT2D eigenvalue weighted by atomic mass is 10.1. The zero-order chi connectivity index (χ0) is 21.6. The molecule has 4 rings (SSSR count). The Morgan fingerprint density at radius 2 is 1.94 bits per heavy atom. The SMILES string of the molecule is O=C(N/N=C\c1cccc([N+](=O)[O-])c1)c1ccc(CSc2nc3ccccc3s2)cc1. The molecule has 0 atom stereocenters. The average molecular weight is 449 g/mol. The summed E-state index contributed by atoms with van der Waals surface area (Å²) in [4.78, 5) is 27.2. The maximum atomic E-state index is 12.3. The second-order valence-corrected chi connectivity index (χ2v) is 8.74. The number of thioether (sulfide) groups is 1. The first-order valence-electron chi connectivity index (χ1n) is 9.24. The van der Waals surface area contributed by atoms with Crippen LogP contribution in [0, 0.1) is 10.1 Å². The lowest BCUT2D eigenvalue weighted by molar-refractivity contribution is -0.384. The topological polar surface area (TPSA) is 97.5 Å². The van der Waals surface area contributed by atoms with E-state index in [-0.39, 0.29) is 11.6 Å². The molecule has 0 aliphatic rings. The summed E-state index contributed by atoms with van der Waals surface area (Å²) in [6.45, 7) is 0. The number of aromatic nitrogens is 1. The highest BCUT2D eigenvalue weighted by Crippen LogP contribution is 2.31. The molecule has 0 fully saturated rings. The lowest BCUT2D eigenvalue weighted by Gasteiger charge is -2.03. The first-order valence-corrected chi connectivity index (χ1v) is 11.0. The van der Waals surface area contributed by atoms with Crippen LogP contribution in [0.5, 0.6) is 0 Å². The Bertz CT molecular complexity index is 1240. The molecule has 1 aromatic heterocycles. The van der Waals surface area contributed by atoms with E-state index in [9.17, 15) is 14.9 Å². The number of hydrogen-bond donors (Lipinski definition) is 1. The number of hydrogen-bond acceptors (Lipinski definition) is 7.